The van der Waals surface area contributed by atoms with Crippen molar-refractivity contribution >= 4 is 18.1 Å². The molecule has 1 aromatic rings. The average molecular weight is 251 g/mol. The zero-order chi connectivity index (χ0) is 12.8. The van der Waals surface area contributed by atoms with E-state index in [1.807, 2.05) is 20.8 Å². The molecule has 0 aliphatic heterocycles. The number of hydrogen-bond donors (Lipinski definition) is 0. The molecule has 0 radical (unpaired) electrons. The van der Waals surface area contributed by atoms with Crippen LogP contribution in [0, 0.1) is 11.6 Å². The third-order valence-electron chi connectivity index (χ3n) is 1.31. The largest absolute Gasteiger partial charge is 0.462 e. The van der Waals surface area contributed by atoms with E-state index in [4.69, 9.17) is 11.6 Å². The zero-order valence-electron chi connectivity index (χ0n) is 9.26. The Morgan fingerprint density at radius 2 is 1.69 bits per heavy atom. The summed E-state index contributed by atoms with van der Waals surface area (Å²) in [5, 5.41) is -0.447. The first-order chi connectivity index (χ1) is 7.28. The molecule has 0 aliphatic rings. The molecule has 1 aromatic carbocycles. The highest BCUT2D eigenvalue weighted by Crippen LogP contribution is 2.16. The lowest BCUT2D eigenvalue weighted by atomic mass is 10.2. The van der Waals surface area contributed by atoms with Gasteiger partial charge in [-0.1, -0.05) is 17.7 Å². The third kappa shape index (κ3) is 6.35. The molecule has 2 nitrogen and oxygen atoms in total. The van der Waals surface area contributed by atoms with Gasteiger partial charge in [-0.2, -0.15) is 0 Å². The second-order valence-electron chi connectivity index (χ2n) is 3.86. The highest BCUT2D eigenvalue weighted by Gasteiger charge is 2.07. The fraction of sp³-hybridized carbons (Fsp3) is 0.364. The van der Waals surface area contributed by atoms with Crippen molar-refractivity contribution in [3.8, 4) is 0 Å². The second-order valence-corrected chi connectivity index (χ2v) is 4.24. The van der Waals surface area contributed by atoms with E-state index in [1.54, 1.807) is 0 Å². The Bertz CT molecular complexity index is 328. The summed E-state index contributed by atoms with van der Waals surface area (Å²) in [4.78, 5) is 9.60. The average Bonchev–Trinajstić information content (AvgIpc) is 2.13. The maximum absolute atomic E-state index is 12.2. The first kappa shape index (κ1) is 14.8. The van der Waals surface area contributed by atoms with Crippen LogP contribution in [0.25, 0.3) is 0 Å². The minimum absolute atomic E-state index is 0.318. The number of carbonyl (C=O) groups is 1. The van der Waals surface area contributed by atoms with E-state index in [0.717, 1.165) is 12.1 Å². The van der Waals surface area contributed by atoms with Crippen LogP contribution in [-0.4, -0.2) is 12.1 Å². The quantitative estimate of drug-likeness (QED) is 0.563. The standard InChI is InChI=1S/C6H3ClF2.C5H10O2/c7-6-4(8)2-1-3-5(6)9;1-5(2,3)7-4-6/h1-3H;4H,1-3H3. The normalized spacial score (nSPS) is 10.1. The lowest BCUT2D eigenvalue weighted by Crippen LogP contribution is -2.17. The number of benzene rings is 1. The molecule has 90 valence electrons. The minimum Gasteiger partial charge on any atom is -0.462 e. The van der Waals surface area contributed by atoms with Gasteiger partial charge in [-0.15, -0.1) is 0 Å². The molecule has 0 amide bonds. The summed E-state index contributed by atoms with van der Waals surface area (Å²) in [7, 11) is 0. The van der Waals surface area contributed by atoms with Gasteiger partial charge < -0.3 is 4.74 Å². The Kier molecular flexibility index (Phi) is 5.96. The summed E-state index contributed by atoms with van der Waals surface area (Å²) in [6, 6.07) is 3.47. The van der Waals surface area contributed by atoms with E-state index in [2.05, 4.69) is 4.74 Å². The molecule has 16 heavy (non-hydrogen) atoms. The van der Waals surface area contributed by atoms with Crippen LogP contribution >= 0.6 is 11.6 Å². The van der Waals surface area contributed by atoms with E-state index in [9.17, 15) is 13.6 Å². The molecule has 1 rings (SSSR count). The predicted molar refractivity (Wildman–Crippen MR) is 58.3 cm³/mol. The second kappa shape index (κ2) is 6.43. The number of rotatable bonds is 1. The zero-order valence-corrected chi connectivity index (χ0v) is 10.0. The van der Waals surface area contributed by atoms with E-state index in [-0.39, 0.29) is 5.60 Å². The Hall–Kier alpha value is -1.16. The third-order valence-corrected chi connectivity index (χ3v) is 1.67. The van der Waals surface area contributed by atoms with Gasteiger partial charge in [0.05, 0.1) is 0 Å². The maximum atomic E-state index is 12.2. The monoisotopic (exact) mass is 250 g/mol. The molecule has 0 saturated heterocycles. The SMILES string of the molecule is CC(C)(C)OC=O.Fc1cccc(F)c1Cl. The molecule has 0 atom stereocenters. The first-order valence-electron chi connectivity index (χ1n) is 4.49. The lowest BCUT2D eigenvalue weighted by molar-refractivity contribution is -0.138. The summed E-state index contributed by atoms with van der Waals surface area (Å²) < 4.78 is 29.0. The molecule has 0 spiro atoms. The van der Waals surface area contributed by atoms with Crippen molar-refractivity contribution in [2.75, 3.05) is 0 Å². The van der Waals surface area contributed by atoms with Crippen molar-refractivity contribution in [3.05, 3.63) is 34.9 Å². The van der Waals surface area contributed by atoms with Crippen molar-refractivity contribution in [1.29, 1.82) is 0 Å². The molecule has 0 saturated carbocycles. The molecule has 0 bridgehead atoms. The highest BCUT2D eigenvalue weighted by atomic mass is 35.5. The molecule has 0 aromatic heterocycles. The lowest BCUT2D eigenvalue weighted by Gasteiger charge is -2.14. The van der Waals surface area contributed by atoms with Gasteiger partial charge in [0.25, 0.3) is 6.47 Å². The number of hydrogen-bond acceptors (Lipinski definition) is 2. The molecule has 5 heteroatoms. The van der Waals surface area contributed by atoms with E-state index in [0.29, 0.717) is 6.47 Å². The van der Waals surface area contributed by atoms with Crippen molar-refractivity contribution in [2.24, 2.45) is 0 Å². The summed E-state index contributed by atoms with van der Waals surface area (Å²) in [6.07, 6.45) is 0. The molecule has 0 heterocycles. The summed E-state index contributed by atoms with van der Waals surface area (Å²) in [5.74, 6) is -1.45. The number of halogens is 3. The van der Waals surface area contributed by atoms with Crippen LogP contribution in [0.3, 0.4) is 0 Å². The summed E-state index contributed by atoms with van der Waals surface area (Å²) >= 11 is 5.13. The van der Waals surface area contributed by atoms with Crippen LogP contribution in [0.4, 0.5) is 8.78 Å². The van der Waals surface area contributed by atoms with Gasteiger partial charge in [0.2, 0.25) is 0 Å². The van der Waals surface area contributed by atoms with Crippen LogP contribution in [0.2, 0.25) is 5.02 Å². The van der Waals surface area contributed by atoms with Crippen LogP contribution in [0.15, 0.2) is 18.2 Å². The maximum Gasteiger partial charge on any atom is 0.293 e. The number of ether oxygens (including phenoxy) is 1. The van der Waals surface area contributed by atoms with Gasteiger partial charge >= 0.3 is 0 Å². The molecule has 0 aliphatic carbocycles. The first-order valence-corrected chi connectivity index (χ1v) is 4.86. The fourth-order valence-electron chi connectivity index (χ4n) is 0.622. The van der Waals surface area contributed by atoms with E-state index in [1.165, 1.54) is 6.07 Å². The van der Waals surface area contributed by atoms with Crippen LogP contribution < -0.4 is 0 Å². The van der Waals surface area contributed by atoms with Gasteiger partial charge in [0.1, 0.15) is 22.3 Å². The highest BCUT2D eigenvalue weighted by molar-refractivity contribution is 6.30. The molecule has 0 fully saturated rings. The fourth-order valence-corrected chi connectivity index (χ4v) is 0.748. The topological polar surface area (TPSA) is 26.3 Å². The van der Waals surface area contributed by atoms with Crippen LogP contribution in [0.1, 0.15) is 20.8 Å². The van der Waals surface area contributed by atoms with E-state index >= 15 is 0 Å². The van der Waals surface area contributed by atoms with Gasteiger partial charge in [-0.25, -0.2) is 8.78 Å². The number of carbonyl (C=O) groups excluding carboxylic acids is 1. The van der Waals surface area contributed by atoms with Gasteiger partial charge in [0.15, 0.2) is 0 Å². The van der Waals surface area contributed by atoms with Crippen molar-refractivity contribution in [1.82, 2.24) is 0 Å². The Labute approximate surface area is 98.2 Å². The van der Waals surface area contributed by atoms with E-state index < -0.39 is 16.7 Å². The van der Waals surface area contributed by atoms with Crippen LogP contribution in [-0.2, 0) is 9.53 Å². The summed E-state index contributed by atoms with van der Waals surface area (Å²) in [5.41, 5.74) is -0.318. The Balaban J connectivity index is 0.000000293. The predicted octanol–water partition coefficient (Wildman–Crippen LogP) is 3.58. The van der Waals surface area contributed by atoms with Gasteiger partial charge in [-0.05, 0) is 32.9 Å². The van der Waals surface area contributed by atoms with Crippen molar-refractivity contribution in [3.63, 3.8) is 0 Å². The molecular weight excluding hydrogens is 238 g/mol. The minimum atomic E-state index is -0.725. The Morgan fingerprint density at radius 3 is 1.88 bits per heavy atom. The molecular formula is C11H13ClF2O2. The molecule has 0 unspecified atom stereocenters. The Morgan fingerprint density at radius 1 is 1.25 bits per heavy atom. The van der Waals surface area contributed by atoms with Gasteiger partial charge in [0, 0.05) is 0 Å². The smallest absolute Gasteiger partial charge is 0.293 e. The summed E-state index contributed by atoms with van der Waals surface area (Å²) in [6.45, 7) is 5.92. The van der Waals surface area contributed by atoms with Crippen LogP contribution in [0.5, 0.6) is 0 Å². The van der Waals surface area contributed by atoms with Crippen molar-refractivity contribution in [2.45, 2.75) is 26.4 Å². The molecule has 0 N–H and O–H groups in total. The van der Waals surface area contributed by atoms with Gasteiger partial charge in [-0.3, -0.25) is 4.79 Å². The van der Waals surface area contributed by atoms with Crippen molar-refractivity contribution < 1.29 is 18.3 Å².